The fourth-order valence-electron chi connectivity index (χ4n) is 1.82. The number of carbonyl (C=O) groups is 2. The number of aromatic nitrogens is 3. The zero-order valence-corrected chi connectivity index (χ0v) is 11.1. The average molecular weight is 273 g/mol. The molecule has 2 rings (SSSR count). The van der Waals surface area contributed by atoms with Crippen LogP contribution in [0.15, 0.2) is 43.0 Å². The third-order valence-corrected chi connectivity index (χ3v) is 2.79. The van der Waals surface area contributed by atoms with Gasteiger partial charge >= 0.3 is 5.97 Å². The van der Waals surface area contributed by atoms with Crippen LogP contribution >= 0.6 is 0 Å². The molecule has 104 valence electrons. The molecule has 0 bridgehead atoms. The van der Waals surface area contributed by atoms with Gasteiger partial charge in [-0.25, -0.2) is 14.5 Å². The van der Waals surface area contributed by atoms with Gasteiger partial charge in [-0.1, -0.05) is 30.3 Å². The number of nitrogens with zero attached hydrogens (tertiary/aromatic N) is 3. The Morgan fingerprint density at radius 2 is 2.05 bits per heavy atom. The molecule has 0 spiro atoms. The third-order valence-electron chi connectivity index (χ3n) is 2.79. The first-order valence-corrected chi connectivity index (χ1v) is 6.31. The van der Waals surface area contributed by atoms with E-state index in [0.717, 1.165) is 0 Å². The highest BCUT2D eigenvalue weighted by atomic mass is 16.5. The van der Waals surface area contributed by atoms with Crippen molar-refractivity contribution in [1.29, 1.82) is 0 Å². The Hall–Kier alpha value is -2.50. The highest BCUT2D eigenvalue weighted by Crippen LogP contribution is 2.16. The molecule has 0 aliphatic carbocycles. The van der Waals surface area contributed by atoms with E-state index in [4.69, 9.17) is 4.74 Å². The molecule has 1 aromatic carbocycles. The smallest absolute Gasteiger partial charge is 0.331 e. The molecule has 2 aromatic rings. The minimum atomic E-state index is -0.787. The maximum Gasteiger partial charge on any atom is 0.331 e. The lowest BCUT2D eigenvalue weighted by Gasteiger charge is -2.14. The minimum Gasteiger partial charge on any atom is -0.464 e. The topological polar surface area (TPSA) is 74.1 Å². The number of esters is 1. The molecule has 1 aromatic heterocycles. The van der Waals surface area contributed by atoms with Crippen LogP contribution in [0.25, 0.3) is 0 Å². The molecule has 0 N–H and O–H groups in total. The van der Waals surface area contributed by atoms with E-state index in [2.05, 4.69) is 10.1 Å². The van der Waals surface area contributed by atoms with Crippen LogP contribution in [-0.4, -0.2) is 33.1 Å². The molecular weight excluding hydrogens is 258 g/mol. The van der Waals surface area contributed by atoms with Gasteiger partial charge in [0.2, 0.25) is 0 Å². The number of carbonyl (C=O) groups excluding carboxylic acids is 2. The summed E-state index contributed by atoms with van der Waals surface area (Å²) in [5, 5.41) is 3.92. The van der Waals surface area contributed by atoms with Gasteiger partial charge in [-0.05, 0) is 6.92 Å². The van der Waals surface area contributed by atoms with Gasteiger partial charge in [0, 0.05) is 12.0 Å². The summed E-state index contributed by atoms with van der Waals surface area (Å²) in [5.74, 6) is -0.624. The van der Waals surface area contributed by atoms with Crippen molar-refractivity contribution in [3.8, 4) is 0 Å². The van der Waals surface area contributed by atoms with Crippen molar-refractivity contribution in [2.75, 3.05) is 6.61 Å². The summed E-state index contributed by atoms with van der Waals surface area (Å²) in [6, 6.07) is 8.03. The summed E-state index contributed by atoms with van der Waals surface area (Å²) >= 11 is 0. The molecule has 0 aliphatic heterocycles. The van der Waals surface area contributed by atoms with Crippen LogP contribution < -0.4 is 0 Å². The van der Waals surface area contributed by atoms with Crippen molar-refractivity contribution in [2.45, 2.75) is 19.4 Å². The molecule has 1 heterocycles. The number of rotatable bonds is 6. The van der Waals surface area contributed by atoms with Gasteiger partial charge in [-0.3, -0.25) is 4.79 Å². The Labute approximate surface area is 116 Å². The lowest BCUT2D eigenvalue weighted by molar-refractivity contribution is -0.147. The lowest BCUT2D eigenvalue weighted by Crippen LogP contribution is -2.25. The molecule has 20 heavy (non-hydrogen) atoms. The van der Waals surface area contributed by atoms with Gasteiger partial charge in [0.1, 0.15) is 12.7 Å². The lowest BCUT2D eigenvalue weighted by atomic mass is 10.0. The largest absolute Gasteiger partial charge is 0.464 e. The van der Waals surface area contributed by atoms with E-state index in [9.17, 15) is 9.59 Å². The van der Waals surface area contributed by atoms with E-state index in [1.807, 2.05) is 6.07 Å². The Kier molecular flexibility index (Phi) is 4.60. The summed E-state index contributed by atoms with van der Waals surface area (Å²) in [7, 11) is 0. The van der Waals surface area contributed by atoms with Crippen LogP contribution in [0.4, 0.5) is 0 Å². The van der Waals surface area contributed by atoms with Crippen molar-refractivity contribution in [3.05, 3.63) is 48.5 Å². The molecule has 6 heteroatoms. The molecule has 0 saturated heterocycles. The van der Waals surface area contributed by atoms with E-state index in [1.54, 1.807) is 31.2 Å². The summed E-state index contributed by atoms with van der Waals surface area (Å²) in [6.45, 7) is 1.97. The fourth-order valence-corrected chi connectivity index (χ4v) is 1.82. The summed E-state index contributed by atoms with van der Waals surface area (Å²) in [4.78, 5) is 27.9. The zero-order valence-electron chi connectivity index (χ0n) is 11.1. The number of ether oxygens (including phenoxy) is 1. The van der Waals surface area contributed by atoms with Crippen molar-refractivity contribution in [1.82, 2.24) is 14.8 Å². The second kappa shape index (κ2) is 6.60. The molecule has 0 radical (unpaired) electrons. The molecular formula is C14H15N3O3. The highest BCUT2D eigenvalue weighted by Gasteiger charge is 2.26. The maximum atomic E-state index is 12.2. The van der Waals surface area contributed by atoms with Crippen LogP contribution in [-0.2, 0) is 9.53 Å². The van der Waals surface area contributed by atoms with E-state index < -0.39 is 12.0 Å². The van der Waals surface area contributed by atoms with Crippen LogP contribution in [0, 0.1) is 0 Å². The van der Waals surface area contributed by atoms with Crippen molar-refractivity contribution in [3.63, 3.8) is 0 Å². The predicted molar refractivity (Wildman–Crippen MR) is 71.1 cm³/mol. The van der Waals surface area contributed by atoms with Gasteiger partial charge in [-0.2, -0.15) is 5.10 Å². The van der Waals surface area contributed by atoms with E-state index in [1.165, 1.54) is 17.3 Å². The first-order valence-electron chi connectivity index (χ1n) is 6.31. The molecule has 0 aliphatic rings. The van der Waals surface area contributed by atoms with Crippen molar-refractivity contribution in [2.24, 2.45) is 0 Å². The van der Waals surface area contributed by atoms with E-state index in [0.29, 0.717) is 5.56 Å². The number of ketones is 1. The monoisotopic (exact) mass is 273 g/mol. The third kappa shape index (κ3) is 3.28. The summed E-state index contributed by atoms with van der Waals surface area (Å²) in [5.41, 5.74) is 0.557. The fraction of sp³-hybridized carbons (Fsp3) is 0.286. The van der Waals surface area contributed by atoms with Crippen LogP contribution in [0.5, 0.6) is 0 Å². The molecule has 0 amide bonds. The van der Waals surface area contributed by atoms with Crippen molar-refractivity contribution < 1.29 is 14.3 Å². The Balaban J connectivity index is 2.16. The van der Waals surface area contributed by atoms with Gasteiger partial charge in [0.25, 0.3) is 0 Å². The molecule has 0 saturated carbocycles. The molecule has 6 nitrogen and oxygen atoms in total. The SMILES string of the molecule is CCOC(=O)C(CC(=O)c1ccccc1)n1cncn1. The van der Waals surface area contributed by atoms with E-state index in [-0.39, 0.29) is 18.8 Å². The van der Waals surface area contributed by atoms with Gasteiger partial charge < -0.3 is 4.74 Å². The number of hydrogen-bond donors (Lipinski definition) is 0. The normalized spacial score (nSPS) is 11.8. The standard InChI is InChI=1S/C14H15N3O3/c1-2-20-14(19)12(17-10-15-9-16-17)8-13(18)11-6-4-3-5-7-11/h3-7,9-10,12H,2,8H2,1H3. The van der Waals surface area contributed by atoms with Crippen molar-refractivity contribution >= 4 is 11.8 Å². The number of benzene rings is 1. The zero-order chi connectivity index (χ0) is 14.4. The Morgan fingerprint density at radius 1 is 1.30 bits per heavy atom. The first-order chi connectivity index (χ1) is 9.72. The summed E-state index contributed by atoms with van der Waals surface area (Å²) < 4.78 is 6.33. The molecule has 0 fully saturated rings. The maximum absolute atomic E-state index is 12.2. The van der Waals surface area contributed by atoms with Crippen LogP contribution in [0.3, 0.4) is 0 Å². The molecule has 1 unspecified atom stereocenters. The van der Waals surface area contributed by atoms with E-state index >= 15 is 0 Å². The van der Waals surface area contributed by atoms with Crippen LogP contribution in [0.1, 0.15) is 29.7 Å². The molecule has 1 atom stereocenters. The average Bonchev–Trinajstić information content (AvgIpc) is 2.99. The first kappa shape index (κ1) is 13.9. The second-order valence-corrected chi connectivity index (χ2v) is 4.14. The highest BCUT2D eigenvalue weighted by molar-refractivity contribution is 5.98. The second-order valence-electron chi connectivity index (χ2n) is 4.14. The van der Waals surface area contributed by atoms with Gasteiger partial charge in [-0.15, -0.1) is 0 Å². The Bertz CT molecular complexity index is 567. The number of hydrogen-bond acceptors (Lipinski definition) is 5. The quantitative estimate of drug-likeness (QED) is 0.591. The number of Topliss-reactive ketones (excluding diaryl/α,β-unsaturated/α-hetero) is 1. The van der Waals surface area contributed by atoms with Gasteiger partial charge in [0.05, 0.1) is 6.61 Å². The summed E-state index contributed by atoms with van der Waals surface area (Å²) in [6.07, 6.45) is 2.71. The van der Waals surface area contributed by atoms with Crippen LogP contribution in [0.2, 0.25) is 0 Å². The predicted octanol–water partition coefficient (Wildman–Crippen LogP) is 1.66. The van der Waals surface area contributed by atoms with Gasteiger partial charge in [0.15, 0.2) is 11.8 Å². The minimum absolute atomic E-state index is 0.00773. The Morgan fingerprint density at radius 3 is 2.65 bits per heavy atom.